The lowest BCUT2D eigenvalue weighted by molar-refractivity contribution is 0.436. The van der Waals surface area contributed by atoms with Gasteiger partial charge in [-0.15, -0.1) is 5.10 Å². The highest BCUT2D eigenvalue weighted by atomic mass is 32.1. The summed E-state index contributed by atoms with van der Waals surface area (Å²) in [5.41, 5.74) is 7.88. The molecular formula is C13H14N6S. The van der Waals surface area contributed by atoms with Crippen LogP contribution in [0.15, 0.2) is 47.8 Å². The number of thiocarbonyl (C=S) groups is 1. The molecule has 0 amide bonds. The molecular weight excluding hydrogens is 272 g/mol. The maximum Gasteiger partial charge on any atom is 0.187 e. The Bertz CT molecular complexity index is 599. The number of hydrazone groups is 1. The number of hydrogen-bond acceptors (Lipinski definition) is 5. The van der Waals surface area contributed by atoms with Crippen LogP contribution in [0.25, 0.3) is 0 Å². The summed E-state index contributed by atoms with van der Waals surface area (Å²) >= 11 is 5.02. The first kappa shape index (κ1) is 14.0. The highest BCUT2D eigenvalue weighted by molar-refractivity contribution is 7.80. The van der Waals surface area contributed by atoms with Gasteiger partial charge in [-0.25, -0.2) is 5.01 Å². The third kappa shape index (κ3) is 3.79. The monoisotopic (exact) mass is 286 g/mol. The minimum absolute atomic E-state index is 0.180. The predicted molar refractivity (Wildman–Crippen MR) is 80.8 cm³/mol. The lowest BCUT2D eigenvalue weighted by Gasteiger charge is -2.17. The van der Waals surface area contributed by atoms with E-state index in [-0.39, 0.29) is 5.11 Å². The lowest BCUT2D eigenvalue weighted by Crippen LogP contribution is -2.32. The summed E-state index contributed by atoms with van der Waals surface area (Å²) in [6, 6.07) is 9.26. The molecule has 0 aromatic carbocycles. The molecule has 6 nitrogen and oxygen atoms in total. The van der Waals surface area contributed by atoms with Crippen molar-refractivity contribution in [3.05, 3.63) is 54.1 Å². The second-order valence-corrected chi connectivity index (χ2v) is 4.43. The Labute approximate surface area is 122 Å². The second kappa shape index (κ2) is 6.67. The molecule has 2 rings (SSSR count). The van der Waals surface area contributed by atoms with Crippen LogP contribution in [0.3, 0.4) is 0 Å². The SMILES string of the molecule is C/C(=N\N(Cc1ccccn1)C(N)=S)c1cccnn1. The van der Waals surface area contributed by atoms with E-state index in [9.17, 15) is 0 Å². The molecule has 0 aliphatic carbocycles. The topological polar surface area (TPSA) is 80.3 Å². The molecule has 0 spiro atoms. The van der Waals surface area contributed by atoms with E-state index in [1.807, 2.05) is 31.2 Å². The minimum atomic E-state index is 0.180. The van der Waals surface area contributed by atoms with Crippen molar-refractivity contribution in [1.29, 1.82) is 0 Å². The van der Waals surface area contributed by atoms with Gasteiger partial charge in [-0.1, -0.05) is 6.07 Å². The fourth-order valence-corrected chi connectivity index (χ4v) is 1.64. The predicted octanol–water partition coefficient (Wildman–Crippen LogP) is 1.34. The second-order valence-electron chi connectivity index (χ2n) is 4.01. The van der Waals surface area contributed by atoms with Crippen molar-refractivity contribution in [3.8, 4) is 0 Å². The normalized spacial score (nSPS) is 11.2. The summed E-state index contributed by atoms with van der Waals surface area (Å²) in [6.07, 6.45) is 3.32. The number of hydrogen-bond donors (Lipinski definition) is 1. The molecule has 2 N–H and O–H groups in total. The molecule has 20 heavy (non-hydrogen) atoms. The summed E-state index contributed by atoms with van der Waals surface area (Å²) in [7, 11) is 0. The molecule has 0 atom stereocenters. The maximum atomic E-state index is 5.70. The Hall–Kier alpha value is -2.41. The molecule has 0 aliphatic heterocycles. The Morgan fingerprint density at radius 2 is 2.15 bits per heavy atom. The standard InChI is InChI=1S/C13H14N6S/c1-10(12-6-4-8-16-17-12)18-19(13(14)20)9-11-5-2-3-7-15-11/h2-8H,9H2,1H3,(H2,14,20)/b18-10+. The van der Waals surface area contributed by atoms with E-state index >= 15 is 0 Å². The Morgan fingerprint density at radius 1 is 1.30 bits per heavy atom. The van der Waals surface area contributed by atoms with E-state index in [2.05, 4.69) is 20.3 Å². The maximum absolute atomic E-state index is 5.70. The Kier molecular flexibility index (Phi) is 4.67. The van der Waals surface area contributed by atoms with Gasteiger partial charge in [0.2, 0.25) is 0 Å². The zero-order valence-corrected chi connectivity index (χ0v) is 11.8. The Balaban J connectivity index is 2.20. The lowest BCUT2D eigenvalue weighted by atomic mass is 10.3. The van der Waals surface area contributed by atoms with E-state index in [0.29, 0.717) is 18.0 Å². The summed E-state index contributed by atoms with van der Waals surface area (Å²) < 4.78 is 0. The summed E-state index contributed by atoms with van der Waals surface area (Å²) in [5, 5.41) is 13.9. The van der Waals surface area contributed by atoms with E-state index in [0.717, 1.165) is 5.69 Å². The summed E-state index contributed by atoms with van der Waals surface area (Å²) in [4.78, 5) is 4.23. The van der Waals surface area contributed by atoms with Crippen molar-refractivity contribution in [2.45, 2.75) is 13.5 Å². The van der Waals surface area contributed by atoms with Gasteiger partial charge < -0.3 is 5.73 Å². The van der Waals surface area contributed by atoms with Crippen molar-refractivity contribution in [3.63, 3.8) is 0 Å². The molecule has 0 unspecified atom stereocenters. The molecule has 0 fully saturated rings. The van der Waals surface area contributed by atoms with Gasteiger partial charge in [0.1, 0.15) is 5.69 Å². The van der Waals surface area contributed by atoms with Crippen molar-refractivity contribution in [1.82, 2.24) is 20.2 Å². The molecule has 0 saturated heterocycles. The zero-order valence-electron chi connectivity index (χ0n) is 11.0. The first-order valence-corrected chi connectivity index (χ1v) is 6.38. The Morgan fingerprint density at radius 3 is 2.75 bits per heavy atom. The van der Waals surface area contributed by atoms with Gasteiger partial charge in [-0.3, -0.25) is 4.98 Å². The minimum Gasteiger partial charge on any atom is -0.375 e. The molecule has 2 aromatic rings. The third-order valence-corrected chi connectivity index (χ3v) is 2.72. The van der Waals surface area contributed by atoms with Gasteiger partial charge in [0, 0.05) is 12.4 Å². The fourth-order valence-electron chi connectivity index (χ4n) is 1.53. The van der Waals surface area contributed by atoms with Crippen LogP contribution in [0.5, 0.6) is 0 Å². The third-order valence-electron chi connectivity index (χ3n) is 2.51. The van der Waals surface area contributed by atoms with Crippen molar-refractivity contribution in [2.24, 2.45) is 10.8 Å². The van der Waals surface area contributed by atoms with Crippen LogP contribution < -0.4 is 5.73 Å². The van der Waals surface area contributed by atoms with Crippen LogP contribution in [0, 0.1) is 0 Å². The number of pyridine rings is 1. The van der Waals surface area contributed by atoms with Crippen LogP contribution in [-0.4, -0.2) is 31.0 Å². The molecule has 0 radical (unpaired) electrons. The van der Waals surface area contributed by atoms with Crippen LogP contribution in [0.4, 0.5) is 0 Å². The van der Waals surface area contributed by atoms with Crippen LogP contribution in [0.1, 0.15) is 18.3 Å². The average Bonchev–Trinajstić information content (AvgIpc) is 2.48. The van der Waals surface area contributed by atoms with Crippen LogP contribution in [-0.2, 0) is 6.54 Å². The molecule has 2 heterocycles. The van der Waals surface area contributed by atoms with Gasteiger partial charge in [0.05, 0.1) is 18.0 Å². The van der Waals surface area contributed by atoms with Gasteiger partial charge >= 0.3 is 0 Å². The van der Waals surface area contributed by atoms with Gasteiger partial charge in [0.25, 0.3) is 0 Å². The highest BCUT2D eigenvalue weighted by Crippen LogP contribution is 2.04. The largest absolute Gasteiger partial charge is 0.375 e. The first-order chi connectivity index (χ1) is 9.66. The summed E-state index contributed by atoms with van der Waals surface area (Å²) in [5.74, 6) is 0. The van der Waals surface area contributed by atoms with Crippen LogP contribution in [0.2, 0.25) is 0 Å². The average molecular weight is 286 g/mol. The van der Waals surface area contributed by atoms with Crippen molar-refractivity contribution in [2.75, 3.05) is 0 Å². The van der Waals surface area contributed by atoms with E-state index in [1.165, 1.54) is 5.01 Å². The zero-order chi connectivity index (χ0) is 14.4. The number of nitrogens with two attached hydrogens (primary N) is 1. The van der Waals surface area contributed by atoms with E-state index < -0.39 is 0 Å². The van der Waals surface area contributed by atoms with Gasteiger partial charge in [-0.05, 0) is 43.4 Å². The molecule has 102 valence electrons. The molecule has 0 aliphatic rings. The summed E-state index contributed by atoms with van der Waals surface area (Å²) in [6.45, 7) is 2.24. The highest BCUT2D eigenvalue weighted by Gasteiger charge is 2.09. The van der Waals surface area contributed by atoms with Crippen LogP contribution >= 0.6 is 12.2 Å². The van der Waals surface area contributed by atoms with E-state index in [4.69, 9.17) is 18.0 Å². The quantitative estimate of drug-likeness (QED) is 0.519. The van der Waals surface area contributed by atoms with Crippen molar-refractivity contribution >= 4 is 23.0 Å². The van der Waals surface area contributed by atoms with Gasteiger partial charge in [-0.2, -0.15) is 10.2 Å². The molecule has 7 heteroatoms. The van der Waals surface area contributed by atoms with Gasteiger partial charge in [0.15, 0.2) is 5.11 Å². The smallest absolute Gasteiger partial charge is 0.187 e. The number of aromatic nitrogens is 3. The molecule has 2 aromatic heterocycles. The number of nitrogens with zero attached hydrogens (tertiary/aromatic N) is 5. The number of rotatable bonds is 4. The fraction of sp³-hybridized carbons (Fsp3) is 0.154. The molecule has 0 bridgehead atoms. The molecule has 0 saturated carbocycles. The van der Waals surface area contributed by atoms with Crippen molar-refractivity contribution < 1.29 is 0 Å². The first-order valence-electron chi connectivity index (χ1n) is 5.97. The van der Waals surface area contributed by atoms with E-state index in [1.54, 1.807) is 18.5 Å².